The fourth-order valence-electron chi connectivity index (χ4n) is 0.674. The van der Waals surface area contributed by atoms with Crippen molar-refractivity contribution in [3.63, 3.8) is 0 Å². The maximum absolute atomic E-state index is 8.81. The summed E-state index contributed by atoms with van der Waals surface area (Å²) in [4.78, 5) is 1.67. The Morgan fingerprint density at radius 3 is 2.88 bits per heavy atom. The molecule has 0 aromatic rings. The zero-order chi connectivity index (χ0) is 5.98. The number of hydrogen-bond acceptors (Lipinski definition) is 2. The highest BCUT2D eigenvalue weighted by molar-refractivity contribution is 6.04. The topological polar surface area (TPSA) is 23.5 Å². The Hall–Kier alpha value is -0.435. The van der Waals surface area contributed by atoms with E-state index in [2.05, 4.69) is 0 Å². The second-order valence-corrected chi connectivity index (χ2v) is 1.94. The molecule has 0 amide bonds. The highest BCUT2D eigenvalue weighted by Crippen LogP contribution is 2.03. The molecular formula is C5H8BNO. The van der Waals surface area contributed by atoms with Gasteiger partial charge in [0.25, 0.3) is 0 Å². The van der Waals surface area contributed by atoms with Crippen molar-refractivity contribution in [3.05, 3.63) is 11.8 Å². The first-order valence-electron chi connectivity index (χ1n) is 2.66. The fraction of sp³-hybridized carbons (Fsp3) is 0.600. The van der Waals surface area contributed by atoms with Gasteiger partial charge in [-0.15, -0.1) is 0 Å². The molecule has 2 nitrogen and oxygen atoms in total. The molecule has 2 radical (unpaired) electrons. The summed E-state index contributed by atoms with van der Waals surface area (Å²) in [6.45, 7) is 1.44. The lowest BCUT2D eigenvalue weighted by Crippen LogP contribution is -2.25. The minimum atomic E-state index is 0.465. The second-order valence-electron chi connectivity index (χ2n) is 1.94. The Bertz CT molecular complexity index is 113. The van der Waals surface area contributed by atoms with E-state index in [-0.39, 0.29) is 0 Å². The Labute approximate surface area is 50.2 Å². The van der Waals surface area contributed by atoms with Crippen LogP contribution in [0.5, 0.6) is 0 Å². The number of hydrogen-bond donors (Lipinski definition) is 1. The van der Waals surface area contributed by atoms with Gasteiger partial charge in [0.15, 0.2) is 7.98 Å². The minimum Gasteiger partial charge on any atom is -0.513 e. The number of nitrogens with zero attached hydrogens (tertiary/aromatic N) is 1. The number of aliphatic hydroxyl groups is 1. The molecule has 8 heavy (non-hydrogen) atoms. The predicted octanol–water partition coefficient (Wildman–Crippen LogP) is 0.217. The first-order valence-corrected chi connectivity index (χ1v) is 2.66. The zero-order valence-corrected chi connectivity index (χ0v) is 4.67. The average Bonchev–Trinajstić information content (AvgIpc) is 1.77. The molecule has 1 heterocycles. The Morgan fingerprint density at radius 2 is 2.50 bits per heavy atom. The molecule has 0 aliphatic carbocycles. The van der Waals surface area contributed by atoms with E-state index in [0.717, 1.165) is 6.54 Å². The van der Waals surface area contributed by atoms with Crippen LogP contribution in [0.4, 0.5) is 0 Å². The molecule has 1 rings (SSSR count). The molecule has 0 bridgehead atoms. The number of rotatable bonds is 0. The van der Waals surface area contributed by atoms with Crippen molar-refractivity contribution in [2.24, 2.45) is 0 Å². The van der Waals surface area contributed by atoms with Crippen LogP contribution >= 0.6 is 0 Å². The predicted molar refractivity (Wildman–Crippen MR) is 32.7 cm³/mol. The minimum absolute atomic E-state index is 0.465. The van der Waals surface area contributed by atoms with Gasteiger partial charge in [0.2, 0.25) is 0 Å². The average molecular weight is 109 g/mol. The van der Waals surface area contributed by atoms with Crippen molar-refractivity contribution in [3.8, 4) is 0 Å². The normalized spacial score (nSPS) is 22.8. The van der Waals surface area contributed by atoms with Crippen LogP contribution in [0.15, 0.2) is 11.8 Å². The van der Waals surface area contributed by atoms with Crippen molar-refractivity contribution in [2.75, 3.05) is 13.1 Å². The van der Waals surface area contributed by atoms with Gasteiger partial charge < -0.3 is 9.92 Å². The lowest BCUT2D eigenvalue weighted by Gasteiger charge is -2.18. The smallest absolute Gasteiger partial charge is 0.182 e. The summed E-state index contributed by atoms with van der Waals surface area (Å²) in [5, 5.41) is 8.81. The van der Waals surface area contributed by atoms with Gasteiger partial charge in [0.1, 0.15) is 0 Å². The summed E-state index contributed by atoms with van der Waals surface area (Å²) >= 11 is 0. The van der Waals surface area contributed by atoms with E-state index in [1.807, 2.05) is 0 Å². The monoisotopic (exact) mass is 109 g/mol. The van der Waals surface area contributed by atoms with E-state index in [9.17, 15) is 0 Å². The maximum Gasteiger partial charge on any atom is 0.182 e. The third-order valence-corrected chi connectivity index (χ3v) is 1.22. The first kappa shape index (κ1) is 5.70. The summed E-state index contributed by atoms with van der Waals surface area (Å²) in [6, 6.07) is 0. The van der Waals surface area contributed by atoms with Crippen molar-refractivity contribution in [2.45, 2.75) is 6.42 Å². The lowest BCUT2D eigenvalue weighted by atomic mass is 10.1. The summed E-state index contributed by atoms with van der Waals surface area (Å²) in [5.41, 5.74) is 0. The molecule has 3 heteroatoms. The molecule has 0 saturated heterocycles. The molecule has 1 aliphatic rings. The van der Waals surface area contributed by atoms with Crippen molar-refractivity contribution in [1.82, 2.24) is 4.81 Å². The van der Waals surface area contributed by atoms with Crippen LogP contribution in [-0.4, -0.2) is 31.0 Å². The van der Waals surface area contributed by atoms with Crippen molar-refractivity contribution < 1.29 is 5.11 Å². The van der Waals surface area contributed by atoms with E-state index < -0.39 is 0 Å². The largest absolute Gasteiger partial charge is 0.513 e. The van der Waals surface area contributed by atoms with Crippen LogP contribution in [0, 0.1) is 0 Å². The SMILES string of the molecule is [B]N1CC=C(O)CC1. The third kappa shape index (κ3) is 1.27. The highest BCUT2D eigenvalue weighted by atomic mass is 16.3. The Balaban J connectivity index is 2.42. The molecule has 1 N–H and O–H groups in total. The van der Waals surface area contributed by atoms with Gasteiger partial charge in [-0.3, -0.25) is 0 Å². The van der Waals surface area contributed by atoms with Crippen LogP contribution in [0.1, 0.15) is 6.42 Å². The van der Waals surface area contributed by atoms with E-state index in [0.29, 0.717) is 18.7 Å². The van der Waals surface area contributed by atoms with E-state index >= 15 is 0 Å². The molecule has 42 valence electrons. The molecule has 0 spiro atoms. The first-order chi connectivity index (χ1) is 3.79. The third-order valence-electron chi connectivity index (χ3n) is 1.22. The molecule has 1 aliphatic heterocycles. The second kappa shape index (κ2) is 2.22. The summed E-state index contributed by atoms with van der Waals surface area (Å²) < 4.78 is 0. The highest BCUT2D eigenvalue weighted by Gasteiger charge is 2.03. The van der Waals surface area contributed by atoms with Crippen LogP contribution in [0.3, 0.4) is 0 Å². The molecule has 0 aromatic heterocycles. The molecule has 0 unspecified atom stereocenters. The van der Waals surface area contributed by atoms with Crippen LogP contribution in [-0.2, 0) is 0 Å². The van der Waals surface area contributed by atoms with Gasteiger partial charge in [-0.2, -0.15) is 0 Å². The van der Waals surface area contributed by atoms with E-state index in [1.165, 1.54) is 0 Å². The van der Waals surface area contributed by atoms with Crippen molar-refractivity contribution >= 4 is 7.98 Å². The quantitative estimate of drug-likeness (QED) is 0.449. The Kier molecular flexibility index (Phi) is 1.58. The van der Waals surface area contributed by atoms with E-state index in [1.54, 1.807) is 10.9 Å². The molecule has 0 fully saturated rings. The van der Waals surface area contributed by atoms with Gasteiger partial charge >= 0.3 is 0 Å². The maximum atomic E-state index is 8.81. The molecule has 0 atom stereocenters. The lowest BCUT2D eigenvalue weighted by molar-refractivity contribution is 0.340. The van der Waals surface area contributed by atoms with Gasteiger partial charge in [-0.05, 0) is 12.6 Å². The zero-order valence-electron chi connectivity index (χ0n) is 4.67. The summed E-state index contributed by atoms with van der Waals surface area (Å²) in [5.74, 6) is 0.465. The standard InChI is InChI=1S/C5H8BNO/c6-7-3-1-5(8)2-4-7/h1,8H,2-4H2. The van der Waals surface area contributed by atoms with Gasteiger partial charge in [0, 0.05) is 13.0 Å². The van der Waals surface area contributed by atoms with Crippen LogP contribution in [0.2, 0.25) is 0 Å². The van der Waals surface area contributed by atoms with Crippen molar-refractivity contribution in [1.29, 1.82) is 0 Å². The van der Waals surface area contributed by atoms with E-state index in [4.69, 9.17) is 13.1 Å². The molecule has 0 saturated carbocycles. The van der Waals surface area contributed by atoms with Crippen LogP contribution in [0.25, 0.3) is 0 Å². The van der Waals surface area contributed by atoms with Gasteiger partial charge in [-0.1, -0.05) is 0 Å². The Morgan fingerprint density at radius 1 is 1.75 bits per heavy atom. The summed E-state index contributed by atoms with van der Waals surface area (Å²) in [7, 11) is 5.37. The van der Waals surface area contributed by atoms with Gasteiger partial charge in [-0.25, -0.2) is 0 Å². The summed E-state index contributed by atoms with van der Waals surface area (Å²) in [6.07, 6.45) is 2.42. The molecule has 0 aromatic carbocycles. The van der Waals surface area contributed by atoms with Crippen LogP contribution < -0.4 is 0 Å². The fourth-order valence-corrected chi connectivity index (χ4v) is 0.674. The van der Waals surface area contributed by atoms with Gasteiger partial charge in [0.05, 0.1) is 5.76 Å². The number of aliphatic hydroxyl groups excluding tert-OH is 1. The molecular weight excluding hydrogens is 101 g/mol.